The fourth-order valence-corrected chi connectivity index (χ4v) is 4.66. The molecule has 5 nitrogen and oxygen atoms in total. The SMILES string of the molecule is O=C(Nc1ccc(F)c(F)c1)c1cc(S(=O)(=O)N2CCCC2)ccc1Br. The van der Waals surface area contributed by atoms with Gasteiger partial charge in [-0.1, -0.05) is 0 Å². The zero-order valence-corrected chi connectivity index (χ0v) is 15.9. The lowest BCUT2D eigenvalue weighted by atomic mass is 10.2. The molecule has 0 atom stereocenters. The number of nitrogens with one attached hydrogen (secondary N) is 1. The Bertz CT molecular complexity index is 960. The van der Waals surface area contributed by atoms with Gasteiger partial charge in [-0.05, 0) is 59.1 Å². The maximum absolute atomic E-state index is 13.3. The van der Waals surface area contributed by atoms with E-state index in [2.05, 4.69) is 21.2 Å². The highest BCUT2D eigenvalue weighted by Crippen LogP contribution is 2.26. The van der Waals surface area contributed by atoms with Gasteiger partial charge in [0.15, 0.2) is 11.6 Å². The van der Waals surface area contributed by atoms with Crippen LogP contribution in [0.4, 0.5) is 14.5 Å². The van der Waals surface area contributed by atoms with Gasteiger partial charge >= 0.3 is 0 Å². The van der Waals surface area contributed by atoms with Gasteiger partial charge in [0, 0.05) is 29.3 Å². The number of benzene rings is 2. The van der Waals surface area contributed by atoms with E-state index in [4.69, 9.17) is 0 Å². The molecule has 1 saturated heterocycles. The third kappa shape index (κ3) is 3.79. The minimum atomic E-state index is -3.67. The second-order valence-electron chi connectivity index (χ2n) is 5.84. The van der Waals surface area contributed by atoms with E-state index in [9.17, 15) is 22.0 Å². The summed E-state index contributed by atoms with van der Waals surface area (Å²) in [5, 5.41) is 2.43. The topological polar surface area (TPSA) is 66.5 Å². The molecule has 0 unspecified atom stereocenters. The molecular formula is C17H15BrF2N2O3S. The van der Waals surface area contributed by atoms with E-state index >= 15 is 0 Å². The van der Waals surface area contributed by atoms with Gasteiger partial charge in [-0.15, -0.1) is 0 Å². The van der Waals surface area contributed by atoms with E-state index in [0.717, 1.165) is 25.0 Å². The molecule has 1 heterocycles. The van der Waals surface area contributed by atoms with Gasteiger partial charge in [-0.25, -0.2) is 17.2 Å². The lowest BCUT2D eigenvalue weighted by Gasteiger charge is -2.16. The Kier molecular flexibility index (Phi) is 5.40. The minimum Gasteiger partial charge on any atom is -0.322 e. The molecule has 26 heavy (non-hydrogen) atoms. The number of hydrogen-bond donors (Lipinski definition) is 1. The second kappa shape index (κ2) is 7.42. The van der Waals surface area contributed by atoms with Crippen LogP contribution in [0.1, 0.15) is 23.2 Å². The quantitative estimate of drug-likeness (QED) is 0.780. The van der Waals surface area contributed by atoms with Crippen molar-refractivity contribution in [2.75, 3.05) is 18.4 Å². The Balaban J connectivity index is 1.89. The van der Waals surface area contributed by atoms with Gasteiger partial charge in [0.1, 0.15) is 0 Å². The Morgan fingerprint density at radius 3 is 2.38 bits per heavy atom. The predicted octanol–water partition coefficient (Wildman–Crippen LogP) is 3.76. The van der Waals surface area contributed by atoms with Crippen LogP contribution < -0.4 is 5.32 Å². The van der Waals surface area contributed by atoms with Crippen molar-refractivity contribution in [3.05, 3.63) is 58.1 Å². The highest BCUT2D eigenvalue weighted by atomic mass is 79.9. The van der Waals surface area contributed by atoms with Gasteiger partial charge in [-0.3, -0.25) is 4.79 Å². The summed E-state index contributed by atoms with van der Waals surface area (Å²) in [6.45, 7) is 0.906. The van der Waals surface area contributed by atoms with E-state index in [-0.39, 0.29) is 16.1 Å². The number of nitrogens with zero attached hydrogens (tertiary/aromatic N) is 1. The average molecular weight is 445 g/mol. The van der Waals surface area contributed by atoms with Crippen LogP contribution >= 0.6 is 15.9 Å². The number of hydrogen-bond acceptors (Lipinski definition) is 3. The van der Waals surface area contributed by atoms with E-state index in [0.29, 0.717) is 17.6 Å². The van der Waals surface area contributed by atoms with E-state index < -0.39 is 27.6 Å². The Morgan fingerprint density at radius 2 is 1.73 bits per heavy atom. The first-order valence-corrected chi connectivity index (χ1v) is 10.1. The van der Waals surface area contributed by atoms with Crippen LogP contribution in [0.5, 0.6) is 0 Å². The molecular weight excluding hydrogens is 430 g/mol. The van der Waals surface area contributed by atoms with Crippen LogP contribution in [-0.4, -0.2) is 31.7 Å². The van der Waals surface area contributed by atoms with Crippen molar-refractivity contribution in [2.45, 2.75) is 17.7 Å². The summed E-state index contributed by atoms with van der Waals surface area (Å²) in [6.07, 6.45) is 1.61. The van der Waals surface area contributed by atoms with Gasteiger partial charge in [0.05, 0.1) is 10.5 Å². The van der Waals surface area contributed by atoms with Gasteiger partial charge < -0.3 is 5.32 Å². The molecule has 2 aromatic rings. The van der Waals surface area contributed by atoms with Crippen molar-refractivity contribution in [1.29, 1.82) is 0 Å². The van der Waals surface area contributed by atoms with Crippen LogP contribution in [0.15, 0.2) is 45.8 Å². The summed E-state index contributed by atoms with van der Waals surface area (Å²) in [4.78, 5) is 12.5. The molecule has 2 aromatic carbocycles. The molecule has 3 rings (SSSR count). The molecule has 0 saturated carbocycles. The van der Waals surface area contributed by atoms with Crippen molar-refractivity contribution in [3.8, 4) is 0 Å². The van der Waals surface area contributed by atoms with Crippen molar-refractivity contribution in [1.82, 2.24) is 4.31 Å². The molecule has 9 heteroatoms. The number of halogens is 3. The smallest absolute Gasteiger partial charge is 0.256 e. The Labute approximate surface area is 158 Å². The fourth-order valence-electron chi connectivity index (χ4n) is 2.69. The molecule has 0 aliphatic carbocycles. The first kappa shape index (κ1) is 18.9. The zero-order chi connectivity index (χ0) is 18.9. The summed E-state index contributed by atoms with van der Waals surface area (Å²) in [5.41, 5.74) is 0.142. The second-order valence-corrected chi connectivity index (χ2v) is 8.63. The number of carbonyl (C=O) groups excluding carboxylic acids is 1. The monoisotopic (exact) mass is 444 g/mol. The molecule has 1 fully saturated rings. The predicted molar refractivity (Wildman–Crippen MR) is 96.4 cm³/mol. The standard InChI is InChI=1S/C17H15BrF2N2O3S/c18-14-5-4-12(26(24,25)22-7-1-2-8-22)10-13(14)17(23)21-11-3-6-15(19)16(20)9-11/h3-6,9-10H,1-2,7-8H2,(H,21,23). The lowest BCUT2D eigenvalue weighted by Crippen LogP contribution is -2.28. The summed E-state index contributed by atoms with van der Waals surface area (Å²) in [6, 6.07) is 7.14. The molecule has 1 amide bonds. The molecule has 138 valence electrons. The number of rotatable bonds is 4. The highest BCUT2D eigenvalue weighted by molar-refractivity contribution is 9.10. The Hall–Kier alpha value is -1.84. The number of amides is 1. The number of carbonyl (C=O) groups is 1. The number of sulfonamides is 1. The largest absolute Gasteiger partial charge is 0.322 e. The van der Waals surface area contributed by atoms with E-state index in [1.807, 2.05) is 0 Å². The molecule has 0 spiro atoms. The molecule has 0 aromatic heterocycles. The maximum Gasteiger partial charge on any atom is 0.256 e. The van der Waals surface area contributed by atoms with Crippen molar-refractivity contribution in [3.63, 3.8) is 0 Å². The molecule has 0 radical (unpaired) electrons. The van der Waals surface area contributed by atoms with E-state index in [1.165, 1.54) is 28.6 Å². The first-order valence-electron chi connectivity index (χ1n) is 7.85. The third-order valence-corrected chi connectivity index (χ3v) is 6.65. The van der Waals surface area contributed by atoms with Crippen LogP contribution in [0, 0.1) is 11.6 Å². The highest BCUT2D eigenvalue weighted by Gasteiger charge is 2.28. The summed E-state index contributed by atoms with van der Waals surface area (Å²) >= 11 is 3.22. The van der Waals surface area contributed by atoms with Crippen LogP contribution in [-0.2, 0) is 10.0 Å². The first-order chi connectivity index (χ1) is 12.3. The summed E-state index contributed by atoms with van der Waals surface area (Å²) in [7, 11) is -3.67. The summed E-state index contributed by atoms with van der Waals surface area (Å²) in [5.74, 6) is -2.75. The van der Waals surface area contributed by atoms with Gasteiger partial charge in [-0.2, -0.15) is 4.31 Å². The van der Waals surface area contributed by atoms with Crippen molar-refractivity contribution < 1.29 is 22.0 Å². The van der Waals surface area contributed by atoms with Crippen LogP contribution in [0.3, 0.4) is 0 Å². The lowest BCUT2D eigenvalue weighted by molar-refractivity contribution is 0.102. The zero-order valence-electron chi connectivity index (χ0n) is 13.5. The van der Waals surface area contributed by atoms with Gasteiger partial charge in [0.2, 0.25) is 10.0 Å². The maximum atomic E-state index is 13.3. The fraction of sp³-hybridized carbons (Fsp3) is 0.235. The van der Waals surface area contributed by atoms with Crippen molar-refractivity contribution in [2.24, 2.45) is 0 Å². The van der Waals surface area contributed by atoms with Gasteiger partial charge in [0.25, 0.3) is 5.91 Å². The molecule has 1 N–H and O–H groups in total. The Morgan fingerprint density at radius 1 is 1.04 bits per heavy atom. The van der Waals surface area contributed by atoms with Crippen molar-refractivity contribution >= 4 is 37.5 Å². The van der Waals surface area contributed by atoms with Crippen LogP contribution in [0.25, 0.3) is 0 Å². The third-order valence-electron chi connectivity index (χ3n) is 4.06. The summed E-state index contributed by atoms with van der Waals surface area (Å²) < 4.78 is 53.3. The average Bonchev–Trinajstić information content (AvgIpc) is 3.13. The molecule has 0 bridgehead atoms. The van der Waals surface area contributed by atoms with E-state index in [1.54, 1.807) is 0 Å². The van der Waals surface area contributed by atoms with Crippen LogP contribution in [0.2, 0.25) is 0 Å². The minimum absolute atomic E-state index is 0.0121. The number of anilines is 1. The molecule has 1 aliphatic rings. The normalized spacial score (nSPS) is 15.2. The molecule has 1 aliphatic heterocycles.